The largest absolute Gasteiger partial charge is 0.487 e. The van der Waals surface area contributed by atoms with Gasteiger partial charge in [0.2, 0.25) is 5.91 Å². The van der Waals surface area contributed by atoms with Crippen molar-refractivity contribution in [1.29, 1.82) is 0 Å². The molecule has 36 heavy (non-hydrogen) atoms. The van der Waals surface area contributed by atoms with E-state index in [9.17, 15) is 23.1 Å². The van der Waals surface area contributed by atoms with E-state index >= 15 is 0 Å². The van der Waals surface area contributed by atoms with Gasteiger partial charge in [-0.25, -0.2) is 0 Å². The van der Waals surface area contributed by atoms with Crippen LogP contribution in [0.4, 0.5) is 13.2 Å². The average Bonchev–Trinajstić information content (AvgIpc) is 3.19. The molecule has 2 aromatic rings. The highest BCUT2D eigenvalue weighted by Gasteiger charge is 2.72. The van der Waals surface area contributed by atoms with Crippen LogP contribution in [0.3, 0.4) is 0 Å². The summed E-state index contributed by atoms with van der Waals surface area (Å²) in [6.07, 6.45) is 0.546. The van der Waals surface area contributed by atoms with Gasteiger partial charge in [-0.2, -0.15) is 13.2 Å². The summed E-state index contributed by atoms with van der Waals surface area (Å²) in [6.45, 7) is 0.834. The normalized spacial score (nSPS) is 32.8. The molecule has 1 saturated heterocycles. The first-order valence-electron chi connectivity index (χ1n) is 12.4. The van der Waals surface area contributed by atoms with Crippen LogP contribution in [0, 0.1) is 0 Å². The van der Waals surface area contributed by atoms with E-state index in [0.717, 1.165) is 42.8 Å². The van der Waals surface area contributed by atoms with Gasteiger partial charge in [0.15, 0.2) is 0 Å². The number of alkyl halides is 3. The monoisotopic (exact) mass is 498 g/mol. The Kier molecular flexibility index (Phi) is 5.12. The SMILES string of the molecule is CN1CC[C@]23c4c5cccc4O[C@H]2[C@@H](N(C)C(=O)C=Cc2cccc(C(F)(F)F)c2)CC[C@@]3(O)[C@H]1C5. The van der Waals surface area contributed by atoms with Crippen LogP contribution in [0.25, 0.3) is 6.08 Å². The Bertz CT molecular complexity index is 1260. The van der Waals surface area contributed by atoms with Crippen LogP contribution in [-0.2, 0) is 22.8 Å². The molecule has 2 aliphatic heterocycles. The van der Waals surface area contributed by atoms with E-state index < -0.39 is 22.8 Å². The van der Waals surface area contributed by atoms with E-state index in [2.05, 4.69) is 18.0 Å². The van der Waals surface area contributed by atoms with Crippen LogP contribution < -0.4 is 4.74 Å². The van der Waals surface area contributed by atoms with Gasteiger partial charge in [-0.15, -0.1) is 0 Å². The molecule has 190 valence electrons. The topological polar surface area (TPSA) is 53.0 Å². The number of carbonyl (C=O) groups is 1. The lowest BCUT2D eigenvalue weighted by Crippen LogP contribution is -2.77. The zero-order chi connectivity index (χ0) is 25.5. The van der Waals surface area contributed by atoms with Crippen LogP contribution in [0.5, 0.6) is 5.75 Å². The van der Waals surface area contributed by atoms with E-state index in [1.807, 2.05) is 12.1 Å². The number of hydrogen-bond donors (Lipinski definition) is 1. The number of amides is 1. The lowest BCUT2D eigenvalue weighted by molar-refractivity contribution is -0.195. The van der Waals surface area contributed by atoms with Crippen molar-refractivity contribution in [3.05, 3.63) is 70.8 Å². The predicted molar refractivity (Wildman–Crippen MR) is 128 cm³/mol. The number of hydrogen-bond acceptors (Lipinski definition) is 4. The third-order valence-corrected chi connectivity index (χ3v) is 9.07. The van der Waals surface area contributed by atoms with Gasteiger partial charge >= 0.3 is 6.18 Å². The lowest BCUT2D eigenvalue weighted by atomic mass is 9.48. The fraction of sp³-hybridized carbons (Fsp3) is 0.464. The maximum Gasteiger partial charge on any atom is 0.416 e. The number of piperidine rings is 1. The van der Waals surface area contributed by atoms with Crippen molar-refractivity contribution in [3.8, 4) is 5.75 Å². The molecule has 2 bridgehead atoms. The summed E-state index contributed by atoms with van der Waals surface area (Å²) in [5.74, 6) is 0.491. The number of nitrogens with zero attached hydrogens (tertiary/aromatic N) is 2. The third kappa shape index (κ3) is 3.13. The molecule has 2 fully saturated rings. The minimum absolute atomic E-state index is 0.0130. The molecule has 0 aromatic heterocycles. The minimum atomic E-state index is -4.44. The Balaban J connectivity index is 1.31. The summed E-state index contributed by atoms with van der Waals surface area (Å²) < 4.78 is 45.7. The summed E-state index contributed by atoms with van der Waals surface area (Å²) in [5, 5.41) is 12.2. The first-order valence-corrected chi connectivity index (χ1v) is 12.4. The molecule has 1 amide bonds. The Morgan fingerprint density at radius 1 is 1.22 bits per heavy atom. The smallest absolute Gasteiger partial charge is 0.416 e. The minimum Gasteiger partial charge on any atom is -0.487 e. The van der Waals surface area contributed by atoms with Crippen molar-refractivity contribution >= 4 is 12.0 Å². The van der Waals surface area contributed by atoms with Crippen molar-refractivity contribution in [2.75, 3.05) is 20.6 Å². The van der Waals surface area contributed by atoms with Gasteiger partial charge < -0.3 is 19.6 Å². The van der Waals surface area contributed by atoms with Crippen LogP contribution in [0.1, 0.15) is 41.5 Å². The van der Waals surface area contributed by atoms with Crippen LogP contribution in [-0.4, -0.2) is 65.2 Å². The molecule has 0 unspecified atom stereocenters. The van der Waals surface area contributed by atoms with E-state index in [-0.39, 0.29) is 24.1 Å². The molecular formula is C28H29F3N2O3. The summed E-state index contributed by atoms with van der Waals surface area (Å²) in [7, 11) is 3.78. The number of rotatable bonds is 3. The number of likely N-dealkylation sites (N-methyl/N-ethyl adjacent to an activating group) is 2. The van der Waals surface area contributed by atoms with E-state index in [4.69, 9.17) is 4.74 Å². The Labute approximate surface area is 208 Å². The van der Waals surface area contributed by atoms with E-state index in [1.165, 1.54) is 29.8 Å². The van der Waals surface area contributed by atoms with Gasteiger partial charge in [0.25, 0.3) is 0 Å². The first kappa shape index (κ1) is 23.6. The molecule has 8 heteroatoms. The van der Waals surface area contributed by atoms with Crippen molar-refractivity contribution in [1.82, 2.24) is 9.80 Å². The third-order valence-electron chi connectivity index (χ3n) is 9.07. The zero-order valence-electron chi connectivity index (χ0n) is 20.3. The first-order chi connectivity index (χ1) is 17.1. The van der Waals surface area contributed by atoms with E-state index in [0.29, 0.717) is 18.4 Å². The molecule has 2 aromatic carbocycles. The van der Waals surface area contributed by atoms with Crippen LogP contribution in [0.2, 0.25) is 0 Å². The molecular weight excluding hydrogens is 469 g/mol. The number of benzene rings is 2. The molecule has 4 aliphatic rings. The molecule has 6 rings (SSSR count). The molecule has 1 saturated carbocycles. The second-order valence-corrected chi connectivity index (χ2v) is 10.7. The maximum atomic E-state index is 13.2. The zero-order valence-corrected chi connectivity index (χ0v) is 20.3. The van der Waals surface area contributed by atoms with Crippen molar-refractivity contribution in [2.24, 2.45) is 0 Å². The van der Waals surface area contributed by atoms with Gasteiger partial charge in [-0.05, 0) is 74.7 Å². The quantitative estimate of drug-likeness (QED) is 0.650. The van der Waals surface area contributed by atoms with Gasteiger partial charge in [-0.3, -0.25) is 4.79 Å². The van der Waals surface area contributed by atoms with Crippen molar-refractivity contribution < 1.29 is 27.8 Å². The summed E-state index contributed by atoms with van der Waals surface area (Å²) >= 11 is 0. The Morgan fingerprint density at radius 3 is 2.78 bits per heavy atom. The highest BCUT2D eigenvalue weighted by Crippen LogP contribution is 2.64. The number of halogens is 3. The molecule has 1 N–H and O–H groups in total. The van der Waals surface area contributed by atoms with Crippen molar-refractivity contribution in [2.45, 2.75) is 61.1 Å². The molecule has 5 nitrogen and oxygen atoms in total. The second-order valence-electron chi connectivity index (χ2n) is 10.7. The van der Waals surface area contributed by atoms with Crippen LogP contribution >= 0.6 is 0 Å². The Hall–Kier alpha value is -2.84. The highest BCUT2D eigenvalue weighted by atomic mass is 19.4. The number of carbonyl (C=O) groups excluding carboxylic acids is 1. The molecule has 2 aliphatic carbocycles. The predicted octanol–water partition coefficient (Wildman–Crippen LogP) is 4.03. The fourth-order valence-corrected chi connectivity index (χ4v) is 7.36. The lowest BCUT2D eigenvalue weighted by Gasteiger charge is -2.64. The number of likely N-dealkylation sites (tertiary alicyclic amines) is 1. The summed E-state index contributed by atoms with van der Waals surface area (Å²) in [5.41, 5.74) is 0.331. The standard InChI is InChI=1S/C28H29F3N2O3/c1-32-14-13-26-24-18-6-4-8-21(24)36-25(26)20(11-12-27(26,35)22(32)16-18)33(2)23(34)10-9-17-5-3-7-19(15-17)28(29,30)31/h3-10,15,20,22,25,35H,11-14,16H2,1-2H3/t20-,22+,25-,26-,27+/m0/s1. The summed E-state index contributed by atoms with van der Waals surface area (Å²) in [6, 6.07) is 10.7. The van der Waals surface area contributed by atoms with Gasteiger partial charge in [0, 0.05) is 24.7 Å². The second kappa shape index (κ2) is 7.83. The van der Waals surface area contributed by atoms with Gasteiger partial charge in [0.05, 0.1) is 22.6 Å². The van der Waals surface area contributed by atoms with Gasteiger partial charge in [-0.1, -0.05) is 24.3 Å². The van der Waals surface area contributed by atoms with Crippen molar-refractivity contribution in [3.63, 3.8) is 0 Å². The van der Waals surface area contributed by atoms with E-state index in [1.54, 1.807) is 11.9 Å². The highest BCUT2D eigenvalue weighted by molar-refractivity contribution is 5.92. The van der Waals surface area contributed by atoms with Gasteiger partial charge in [0.1, 0.15) is 11.9 Å². The maximum absolute atomic E-state index is 13.2. The summed E-state index contributed by atoms with van der Waals surface area (Å²) in [4.78, 5) is 17.1. The number of ether oxygens (including phenoxy) is 1. The molecule has 1 spiro atoms. The number of aliphatic hydroxyl groups is 1. The van der Waals surface area contributed by atoms with Crippen LogP contribution in [0.15, 0.2) is 48.5 Å². The Morgan fingerprint density at radius 2 is 2.00 bits per heavy atom. The fourth-order valence-electron chi connectivity index (χ4n) is 7.36. The average molecular weight is 499 g/mol. The molecule has 5 atom stereocenters. The molecule has 0 radical (unpaired) electrons. The molecule has 2 heterocycles.